The molecule has 3 heterocycles. The van der Waals surface area contributed by atoms with Crippen molar-refractivity contribution in [3.05, 3.63) is 34.8 Å². The predicted octanol–water partition coefficient (Wildman–Crippen LogP) is 2.21. The third-order valence-electron chi connectivity index (χ3n) is 5.74. The number of aromatic nitrogens is 1. The van der Waals surface area contributed by atoms with E-state index in [1.54, 1.807) is 6.07 Å². The highest BCUT2D eigenvalue weighted by atomic mass is 16.6. The number of hydrogen-bond donors (Lipinski definition) is 0. The molecule has 1 atom stereocenters. The summed E-state index contributed by atoms with van der Waals surface area (Å²) >= 11 is 0. The van der Waals surface area contributed by atoms with Crippen LogP contribution in [-0.2, 0) is 16.1 Å². The second-order valence-corrected chi connectivity index (χ2v) is 7.42. The molecular formula is C20H25N3O5. The van der Waals surface area contributed by atoms with E-state index in [-0.39, 0.29) is 30.6 Å². The highest BCUT2D eigenvalue weighted by Gasteiger charge is 2.37. The number of fused-ring (bicyclic) bond motifs is 1. The maximum atomic E-state index is 12.6. The lowest BCUT2D eigenvalue weighted by atomic mass is 10.0. The predicted molar refractivity (Wildman–Crippen MR) is 102 cm³/mol. The molecule has 0 N–H and O–H groups in total. The van der Waals surface area contributed by atoms with E-state index < -0.39 is 5.76 Å². The van der Waals surface area contributed by atoms with Crippen LogP contribution >= 0.6 is 0 Å². The Kier molecular flexibility index (Phi) is 5.11. The zero-order valence-corrected chi connectivity index (χ0v) is 16.0. The van der Waals surface area contributed by atoms with Gasteiger partial charge in [0.25, 0.3) is 0 Å². The van der Waals surface area contributed by atoms with Crippen molar-refractivity contribution < 1.29 is 18.7 Å². The van der Waals surface area contributed by atoms with Crippen LogP contribution in [0.25, 0.3) is 11.1 Å². The van der Waals surface area contributed by atoms with Gasteiger partial charge in [-0.3, -0.25) is 9.36 Å². The van der Waals surface area contributed by atoms with E-state index in [0.717, 1.165) is 19.3 Å². The van der Waals surface area contributed by atoms with Crippen molar-refractivity contribution in [2.45, 2.75) is 51.3 Å². The standard InChI is InChI=1S/C20H25N3O5/c1-2-15-13-23(20(26)27-15)14-7-10-21(11-8-14)18(24)9-12-22-16-5-3-4-6-17(16)28-19(22)25/h3-6,14-15H,2,7-13H2,1H3. The second-order valence-electron chi connectivity index (χ2n) is 7.42. The molecule has 0 spiro atoms. The number of benzene rings is 1. The molecule has 2 aliphatic heterocycles. The molecule has 1 aromatic carbocycles. The van der Waals surface area contributed by atoms with Gasteiger partial charge in [-0.05, 0) is 31.4 Å². The molecule has 2 aromatic rings. The number of aryl methyl sites for hydroxylation is 1. The van der Waals surface area contributed by atoms with E-state index in [1.165, 1.54) is 4.57 Å². The summed E-state index contributed by atoms with van der Waals surface area (Å²) in [6.45, 7) is 4.18. The summed E-state index contributed by atoms with van der Waals surface area (Å²) in [6, 6.07) is 7.34. The molecule has 0 radical (unpaired) electrons. The molecule has 1 unspecified atom stereocenters. The Hall–Kier alpha value is -2.77. The van der Waals surface area contributed by atoms with Crippen molar-refractivity contribution in [2.75, 3.05) is 19.6 Å². The summed E-state index contributed by atoms with van der Waals surface area (Å²) in [5, 5.41) is 0. The van der Waals surface area contributed by atoms with E-state index in [2.05, 4.69) is 0 Å². The van der Waals surface area contributed by atoms with Gasteiger partial charge in [0.2, 0.25) is 5.91 Å². The van der Waals surface area contributed by atoms with Gasteiger partial charge in [-0.2, -0.15) is 0 Å². The fourth-order valence-corrected chi connectivity index (χ4v) is 4.07. The number of oxazole rings is 1. The fraction of sp³-hybridized carbons (Fsp3) is 0.550. The SMILES string of the molecule is CCC1CN(C2CCN(C(=O)CCn3c(=O)oc4ccccc43)CC2)C(=O)O1. The van der Waals surface area contributed by atoms with E-state index in [1.807, 2.05) is 34.9 Å². The number of hydrogen-bond acceptors (Lipinski definition) is 5. The van der Waals surface area contributed by atoms with Gasteiger partial charge in [-0.1, -0.05) is 19.1 Å². The monoisotopic (exact) mass is 387 g/mol. The number of piperidine rings is 1. The van der Waals surface area contributed by atoms with Crippen molar-refractivity contribution in [1.29, 1.82) is 0 Å². The Morgan fingerprint density at radius 1 is 1.18 bits per heavy atom. The zero-order chi connectivity index (χ0) is 19.7. The van der Waals surface area contributed by atoms with Crippen molar-refractivity contribution in [3.63, 3.8) is 0 Å². The Labute approximate surface area is 162 Å². The van der Waals surface area contributed by atoms with Crippen LogP contribution in [0.5, 0.6) is 0 Å². The third kappa shape index (κ3) is 3.50. The summed E-state index contributed by atoms with van der Waals surface area (Å²) in [6.07, 6.45) is 2.33. The zero-order valence-electron chi connectivity index (χ0n) is 16.0. The van der Waals surface area contributed by atoms with Crippen LogP contribution in [0.2, 0.25) is 0 Å². The van der Waals surface area contributed by atoms with Crippen molar-refractivity contribution in [1.82, 2.24) is 14.4 Å². The van der Waals surface area contributed by atoms with Gasteiger partial charge in [-0.15, -0.1) is 0 Å². The number of para-hydroxylation sites is 2. The van der Waals surface area contributed by atoms with Gasteiger partial charge in [0.15, 0.2) is 5.58 Å². The molecule has 8 nitrogen and oxygen atoms in total. The molecule has 0 aliphatic carbocycles. The highest BCUT2D eigenvalue weighted by Crippen LogP contribution is 2.24. The van der Waals surface area contributed by atoms with Crippen LogP contribution in [0.3, 0.4) is 0 Å². The number of carbonyl (C=O) groups is 2. The number of rotatable bonds is 5. The average Bonchev–Trinajstić information content (AvgIpc) is 3.25. The molecule has 0 saturated carbocycles. The minimum absolute atomic E-state index is 0.0183. The first-order valence-electron chi connectivity index (χ1n) is 9.90. The molecule has 2 amide bonds. The quantitative estimate of drug-likeness (QED) is 0.785. The molecule has 1 aromatic heterocycles. The molecule has 8 heteroatoms. The van der Waals surface area contributed by atoms with Gasteiger partial charge in [0.05, 0.1) is 12.1 Å². The summed E-state index contributed by atoms with van der Waals surface area (Å²) in [5.41, 5.74) is 1.24. The van der Waals surface area contributed by atoms with Crippen LogP contribution in [0, 0.1) is 0 Å². The first-order chi connectivity index (χ1) is 13.6. The highest BCUT2D eigenvalue weighted by molar-refractivity contribution is 5.77. The van der Waals surface area contributed by atoms with Crippen molar-refractivity contribution >= 4 is 23.1 Å². The number of cyclic esters (lactones) is 1. The van der Waals surface area contributed by atoms with E-state index in [0.29, 0.717) is 37.3 Å². The molecular weight excluding hydrogens is 362 g/mol. The largest absolute Gasteiger partial charge is 0.444 e. The van der Waals surface area contributed by atoms with E-state index in [4.69, 9.17) is 9.15 Å². The first kappa shape index (κ1) is 18.6. The molecule has 4 rings (SSSR count). The lowest BCUT2D eigenvalue weighted by Gasteiger charge is -2.35. The van der Waals surface area contributed by atoms with E-state index >= 15 is 0 Å². The smallest absolute Gasteiger partial charge is 0.419 e. The van der Waals surface area contributed by atoms with Crippen LogP contribution in [0.15, 0.2) is 33.5 Å². The number of likely N-dealkylation sites (tertiary alicyclic amines) is 1. The van der Waals surface area contributed by atoms with Crippen LogP contribution in [0.4, 0.5) is 4.79 Å². The van der Waals surface area contributed by atoms with Gasteiger partial charge >= 0.3 is 11.8 Å². The molecule has 2 saturated heterocycles. The minimum Gasteiger partial charge on any atom is -0.444 e. The lowest BCUT2D eigenvalue weighted by molar-refractivity contribution is -0.132. The summed E-state index contributed by atoms with van der Waals surface area (Å²) in [7, 11) is 0. The van der Waals surface area contributed by atoms with Gasteiger partial charge < -0.3 is 19.0 Å². The van der Waals surface area contributed by atoms with Crippen molar-refractivity contribution in [3.8, 4) is 0 Å². The Bertz CT molecular complexity index is 925. The van der Waals surface area contributed by atoms with Gasteiger partial charge in [-0.25, -0.2) is 9.59 Å². The number of carbonyl (C=O) groups excluding carboxylic acids is 2. The molecule has 150 valence electrons. The molecule has 0 bridgehead atoms. The number of nitrogens with zero attached hydrogens (tertiary/aromatic N) is 3. The Morgan fingerprint density at radius 2 is 1.93 bits per heavy atom. The maximum absolute atomic E-state index is 12.6. The Morgan fingerprint density at radius 3 is 2.64 bits per heavy atom. The second kappa shape index (κ2) is 7.69. The van der Waals surface area contributed by atoms with E-state index in [9.17, 15) is 14.4 Å². The number of ether oxygens (including phenoxy) is 1. The molecule has 2 fully saturated rings. The lowest BCUT2D eigenvalue weighted by Crippen LogP contribution is -2.47. The number of amides is 2. The van der Waals surface area contributed by atoms with Gasteiger partial charge in [0.1, 0.15) is 6.10 Å². The molecule has 28 heavy (non-hydrogen) atoms. The van der Waals surface area contributed by atoms with Crippen LogP contribution in [-0.4, -0.2) is 58.1 Å². The van der Waals surface area contributed by atoms with Crippen molar-refractivity contribution in [2.24, 2.45) is 0 Å². The third-order valence-corrected chi connectivity index (χ3v) is 5.74. The fourth-order valence-electron chi connectivity index (χ4n) is 4.07. The van der Waals surface area contributed by atoms with Crippen LogP contribution < -0.4 is 5.76 Å². The first-order valence-corrected chi connectivity index (χ1v) is 9.90. The summed E-state index contributed by atoms with van der Waals surface area (Å²) < 4.78 is 12.1. The van der Waals surface area contributed by atoms with Gasteiger partial charge in [0, 0.05) is 32.1 Å². The molecule has 2 aliphatic rings. The summed E-state index contributed by atoms with van der Waals surface area (Å²) in [4.78, 5) is 40.3. The minimum atomic E-state index is -0.439. The average molecular weight is 387 g/mol. The normalized spacial score (nSPS) is 20.8. The maximum Gasteiger partial charge on any atom is 0.419 e. The Balaban J connectivity index is 1.31. The topological polar surface area (TPSA) is 85.0 Å². The van der Waals surface area contributed by atoms with Crippen LogP contribution in [0.1, 0.15) is 32.6 Å². The summed E-state index contributed by atoms with van der Waals surface area (Å²) in [5.74, 6) is -0.420.